The van der Waals surface area contributed by atoms with Gasteiger partial charge in [0.25, 0.3) is 11.8 Å². The van der Waals surface area contributed by atoms with E-state index in [0.717, 1.165) is 12.1 Å². The zero-order valence-electron chi connectivity index (χ0n) is 20.1. The van der Waals surface area contributed by atoms with Crippen LogP contribution in [0.15, 0.2) is 42.5 Å². The number of carbonyl (C=O) groups is 2. The third-order valence-corrected chi connectivity index (χ3v) is 7.21. The zero-order chi connectivity index (χ0) is 28.9. The smallest absolute Gasteiger partial charge is 0.391 e. The predicted octanol–water partition coefficient (Wildman–Crippen LogP) is 6.15. The minimum absolute atomic E-state index is 0.00377. The molecule has 2 aromatic carbocycles. The van der Waals surface area contributed by atoms with Crippen LogP contribution in [0, 0.1) is 0 Å². The molecule has 1 heterocycles. The lowest BCUT2D eigenvalue weighted by Gasteiger charge is -2.32. The van der Waals surface area contributed by atoms with Crippen LogP contribution in [0.4, 0.5) is 26.3 Å². The van der Waals surface area contributed by atoms with E-state index < -0.39 is 53.4 Å². The number of rotatable bonds is 7. The topological polar surface area (TPSA) is 91.2 Å². The lowest BCUT2D eigenvalue weighted by Crippen LogP contribution is -2.45. The molecule has 1 aromatic heterocycles. The summed E-state index contributed by atoms with van der Waals surface area (Å²) in [4.78, 5) is 29.4. The number of hydrogen-bond donors (Lipinski definition) is 3. The number of carbonyl (C=O) groups excluding carboxylic acids is 2. The van der Waals surface area contributed by atoms with E-state index in [1.165, 1.54) is 25.1 Å². The van der Waals surface area contributed by atoms with Crippen molar-refractivity contribution >= 4 is 51.5 Å². The van der Waals surface area contributed by atoms with Crippen LogP contribution in [0.1, 0.15) is 57.8 Å². The molecule has 1 unspecified atom stereocenters. The molecule has 3 aromatic rings. The van der Waals surface area contributed by atoms with Gasteiger partial charge < -0.3 is 20.9 Å². The Bertz CT molecular complexity index is 1460. The van der Waals surface area contributed by atoms with Gasteiger partial charge in [0.1, 0.15) is 5.69 Å². The lowest BCUT2D eigenvalue weighted by molar-refractivity contribution is -0.179. The molecule has 208 valence electrons. The first-order valence-corrected chi connectivity index (χ1v) is 12.4. The summed E-state index contributed by atoms with van der Waals surface area (Å²) < 4.78 is 82.1. The summed E-state index contributed by atoms with van der Waals surface area (Å²) in [6, 6.07) is 4.07. The third-order valence-electron chi connectivity index (χ3n) is 6.51. The number of nitrogens with two attached hydrogens (primary N) is 1. The summed E-state index contributed by atoms with van der Waals surface area (Å²) in [5.41, 5.74) is 2.90. The van der Waals surface area contributed by atoms with Gasteiger partial charge in [-0.3, -0.25) is 9.59 Å². The van der Waals surface area contributed by atoms with Crippen LogP contribution in [0.2, 0.25) is 5.02 Å². The second kappa shape index (κ2) is 10.0. The largest absolute Gasteiger partial charge is 0.416 e. The standard InChI is InChI=1S/C25H21ClF6N4O2S/c1-2-36(19(25(30,31)32)12-4-3-5-14(8-12)24(27,28)29)21(38)18-10-13-9-15(16(26)11-17(13)34-18)20(37)35-23(6-7-23)22(33)39/h3-5,8-11,19,34H,2,6-7H2,1H3,(H2,33,39)(H,35,37). The number of halogens is 7. The van der Waals surface area contributed by atoms with Gasteiger partial charge >= 0.3 is 12.4 Å². The highest BCUT2D eigenvalue weighted by Gasteiger charge is 2.48. The summed E-state index contributed by atoms with van der Waals surface area (Å²) in [5.74, 6) is -1.68. The normalized spacial score (nSPS) is 15.6. The van der Waals surface area contributed by atoms with E-state index in [-0.39, 0.29) is 26.8 Å². The molecule has 0 aliphatic heterocycles. The van der Waals surface area contributed by atoms with Crippen molar-refractivity contribution < 1.29 is 35.9 Å². The Labute approximate surface area is 228 Å². The van der Waals surface area contributed by atoms with Crippen LogP contribution in [-0.4, -0.2) is 44.9 Å². The molecule has 0 radical (unpaired) electrons. The van der Waals surface area contributed by atoms with E-state index in [2.05, 4.69) is 10.3 Å². The van der Waals surface area contributed by atoms with E-state index in [0.29, 0.717) is 35.3 Å². The van der Waals surface area contributed by atoms with Crippen molar-refractivity contribution in [3.05, 3.63) is 69.9 Å². The van der Waals surface area contributed by atoms with Gasteiger partial charge in [0, 0.05) is 17.4 Å². The second-order valence-electron chi connectivity index (χ2n) is 9.16. The molecule has 1 atom stereocenters. The number of fused-ring (bicyclic) bond motifs is 1. The predicted molar refractivity (Wildman–Crippen MR) is 136 cm³/mol. The molecular formula is C25H21ClF6N4O2S. The fraction of sp³-hybridized carbons (Fsp3) is 0.320. The molecule has 6 nitrogen and oxygen atoms in total. The van der Waals surface area contributed by atoms with Gasteiger partial charge in [-0.2, -0.15) is 26.3 Å². The second-order valence-corrected chi connectivity index (χ2v) is 10.0. The number of hydrogen-bond acceptors (Lipinski definition) is 3. The summed E-state index contributed by atoms with van der Waals surface area (Å²) in [6.45, 7) is 0.811. The number of nitrogens with one attached hydrogen (secondary N) is 2. The van der Waals surface area contributed by atoms with Gasteiger partial charge in [-0.15, -0.1) is 0 Å². The van der Waals surface area contributed by atoms with Gasteiger partial charge in [-0.25, -0.2) is 0 Å². The average molecular weight is 591 g/mol. The number of aromatic nitrogens is 1. The van der Waals surface area contributed by atoms with Gasteiger partial charge in [0.15, 0.2) is 6.04 Å². The molecule has 0 bridgehead atoms. The van der Waals surface area contributed by atoms with Crippen molar-refractivity contribution in [2.24, 2.45) is 5.73 Å². The molecule has 4 N–H and O–H groups in total. The maximum atomic E-state index is 14.2. The summed E-state index contributed by atoms with van der Waals surface area (Å²) >= 11 is 11.3. The number of thiocarbonyl (C=S) groups is 1. The number of H-pyrrole nitrogens is 1. The molecule has 4 rings (SSSR count). The van der Waals surface area contributed by atoms with Gasteiger partial charge in [0.05, 0.1) is 26.7 Å². The first kappa shape index (κ1) is 28.7. The molecule has 1 saturated carbocycles. The number of amides is 2. The van der Waals surface area contributed by atoms with Crippen molar-refractivity contribution in [2.45, 2.75) is 43.7 Å². The number of aromatic amines is 1. The Hall–Kier alpha value is -3.32. The fourth-order valence-corrected chi connectivity index (χ4v) is 4.82. The molecular weight excluding hydrogens is 570 g/mol. The Morgan fingerprint density at radius 1 is 1.15 bits per heavy atom. The van der Waals surface area contributed by atoms with Gasteiger partial charge in [-0.1, -0.05) is 36.0 Å². The Balaban J connectivity index is 1.69. The van der Waals surface area contributed by atoms with Crippen LogP contribution in [0.5, 0.6) is 0 Å². The number of alkyl halides is 6. The Morgan fingerprint density at radius 2 is 1.82 bits per heavy atom. The van der Waals surface area contributed by atoms with Gasteiger partial charge in [-0.05, 0) is 55.7 Å². The highest BCUT2D eigenvalue weighted by molar-refractivity contribution is 7.80. The van der Waals surface area contributed by atoms with Crippen molar-refractivity contribution in [2.75, 3.05) is 6.54 Å². The molecule has 14 heteroatoms. The van der Waals surface area contributed by atoms with Crippen LogP contribution in [-0.2, 0) is 6.18 Å². The SMILES string of the molecule is CCN(C(=O)c1cc2cc(C(=O)NC3(C(N)=S)CC3)c(Cl)cc2[nH]1)C(c1cccc(C(F)(F)F)c1)C(F)(F)F. The first-order chi connectivity index (χ1) is 18.1. The van der Waals surface area contributed by atoms with Crippen LogP contribution in [0.25, 0.3) is 10.9 Å². The van der Waals surface area contributed by atoms with Crippen molar-refractivity contribution in [1.29, 1.82) is 0 Å². The van der Waals surface area contributed by atoms with E-state index >= 15 is 0 Å². The minimum Gasteiger partial charge on any atom is -0.391 e. The highest BCUT2D eigenvalue weighted by atomic mass is 35.5. The minimum atomic E-state index is -5.08. The van der Waals surface area contributed by atoms with E-state index in [9.17, 15) is 35.9 Å². The maximum Gasteiger partial charge on any atom is 0.416 e. The molecule has 1 aliphatic rings. The van der Waals surface area contributed by atoms with Crippen LogP contribution in [0.3, 0.4) is 0 Å². The average Bonchev–Trinajstić information content (AvgIpc) is 3.51. The quantitative estimate of drug-likeness (QED) is 0.227. The van der Waals surface area contributed by atoms with Gasteiger partial charge in [0.2, 0.25) is 0 Å². The van der Waals surface area contributed by atoms with E-state index in [4.69, 9.17) is 29.6 Å². The highest BCUT2D eigenvalue weighted by Crippen LogP contribution is 2.41. The molecule has 1 aliphatic carbocycles. The summed E-state index contributed by atoms with van der Waals surface area (Å²) in [6.07, 6.45) is -8.83. The van der Waals surface area contributed by atoms with E-state index in [1.54, 1.807) is 0 Å². The molecule has 0 spiro atoms. The third kappa shape index (κ3) is 5.69. The number of benzene rings is 2. The Morgan fingerprint density at radius 3 is 2.36 bits per heavy atom. The first-order valence-electron chi connectivity index (χ1n) is 11.6. The Kier molecular flexibility index (Phi) is 7.36. The van der Waals surface area contributed by atoms with Crippen molar-refractivity contribution in [3.8, 4) is 0 Å². The van der Waals surface area contributed by atoms with E-state index in [1.807, 2.05) is 0 Å². The lowest BCUT2D eigenvalue weighted by atomic mass is 10.0. The fourth-order valence-electron chi connectivity index (χ4n) is 4.32. The van der Waals surface area contributed by atoms with Crippen LogP contribution < -0.4 is 11.1 Å². The monoisotopic (exact) mass is 590 g/mol. The molecule has 2 amide bonds. The summed E-state index contributed by atoms with van der Waals surface area (Å²) in [5, 5.41) is 3.03. The van der Waals surface area contributed by atoms with Crippen molar-refractivity contribution in [1.82, 2.24) is 15.2 Å². The molecule has 39 heavy (non-hydrogen) atoms. The maximum absolute atomic E-state index is 14.2. The van der Waals surface area contributed by atoms with Crippen LogP contribution >= 0.6 is 23.8 Å². The molecule has 0 saturated heterocycles. The number of nitrogens with zero attached hydrogens (tertiary/aromatic N) is 1. The van der Waals surface area contributed by atoms with Crippen molar-refractivity contribution in [3.63, 3.8) is 0 Å². The molecule has 1 fully saturated rings. The zero-order valence-corrected chi connectivity index (χ0v) is 21.7. The summed E-state index contributed by atoms with van der Waals surface area (Å²) in [7, 11) is 0.